The first-order valence-electron chi connectivity index (χ1n) is 5.75. The van der Waals surface area contributed by atoms with Crippen molar-refractivity contribution in [1.82, 2.24) is 0 Å². The summed E-state index contributed by atoms with van der Waals surface area (Å²) in [5.74, 6) is -1.62. The van der Waals surface area contributed by atoms with Crippen molar-refractivity contribution in [3.8, 4) is 5.75 Å². The van der Waals surface area contributed by atoms with Crippen LogP contribution in [0.15, 0.2) is 47.6 Å². The zero-order valence-electron chi connectivity index (χ0n) is 10.4. The van der Waals surface area contributed by atoms with Gasteiger partial charge < -0.3 is 15.7 Å². The van der Waals surface area contributed by atoms with E-state index >= 15 is 0 Å². The van der Waals surface area contributed by atoms with Gasteiger partial charge in [0.25, 0.3) is 0 Å². The maximum Gasteiger partial charge on any atom is 0.170 e. The average molecular weight is 278 g/mol. The van der Waals surface area contributed by atoms with Crippen molar-refractivity contribution in [3.05, 3.63) is 65.2 Å². The van der Waals surface area contributed by atoms with Crippen molar-refractivity contribution in [2.24, 2.45) is 10.9 Å². The Balaban J connectivity index is 2.02. The number of rotatable bonds is 4. The Morgan fingerprint density at radius 3 is 2.40 bits per heavy atom. The summed E-state index contributed by atoms with van der Waals surface area (Å²) in [6.07, 6.45) is 0. The van der Waals surface area contributed by atoms with E-state index in [-0.39, 0.29) is 18.2 Å². The lowest BCUT2D eigenvalue weighted by molar-refractivity contribution is 0.303. The van der Waals surface area contributed by atoms with Crippen LogP contribution in [0.3, 0.4) is 0 Å². The third-order valence-corrected chi connectivity index (χ3v) is 2.65. The highest BCUT2D eigenvalue weighted by atomic mass is 19.2. The minimum Gasteiger partial charge on any atom is -0.489 e. The number of ether oxygens (including phenoxy) is 1. The maximum atomic E-state index is 13.0. The van der Waals surface area contributed by atoms with Crippen LogP contribution < -0.4 is 10.5 Å². The lowest BCUT2D eigenvalue weighted by Crippen LogP contribution is -2.12. The van der Waals surface area contributed by atoms with Gasteiger partial charge in [-0.1, -0.05) is 29.4 Å². The minimum absolute atomic E-state index is 0.0121. The van der Waals surface area contributed by atoms with Crippen molar-refractivity contribution in [2.45, 2.75) is 6.61 Å². The first-order valence-corrected chi connectivity index (χ1v) is 5.75. The fraction of sp³-hybridized carbons (Fsp3) is 0.0714. The van der Waals surface area contributed by atoms with Gasteiger partial charge in [-0.25, -0.2) is 8.78 Å². The van der Waals surface area contributed by atoms with Crippen molar-refractivity contribution >= 4 is 5.84 Å². The molecule has 0 bridgehead atoms. The molecule has 2 aromatic carbocycles. The van der Waals surface area contributed by atoms with Gasteiger partial charge in [-0.05, 0) is 17.7 Å². The van der Waals surface area contributed by atoms with E-state index in [0.29, 0.717) is 5.56 Å². The number of nitrogens with zero attached hydrogens (tertiary/aromatic N) is 1. The lowest BCUT2D eigenvalue weighted by Gasteiger charge is -2.07. The Kier molecular flexibility index (Phi) is 4.14. The summed E-state index contributed by atoms with van der Waals surface area (Å²) in [6.45, 7) is 0.196. The third-order valence-electron chi connectivity index (χ3n) is 2.65. The summed E-state index contributed by atoms with van der Waals surface area (Å²) in [4.78, 5) is 0. The highest BCUT2D eigenvalue weighted by Crippen LogP contribution is 2.17. The Hall–Kier alpha value is -2.63. The van der Waals surface area contributed by atoms with Gasteiger partial charge in [-0.15, -0.1) is 0 Å². The molecular weight excluding hydrogens is 266 g/mol. The van der Waals surface area contributed by atoms with Crippen LogP contribution in [0.2, 0.25) is 0 Å². The predicted molar refractivity (Wildman–Crippen MR) is 69.6 cm³/mol. The minimum atomic E-state index is -0.954. The molecule has 3 N–H and O–H groups in total. The second kappa shape index (κ2) is 6.01. The summed E-state index contributed by atoms with van der Waals surface area (Å²) in [7, 11) is 0. The van der Waals surface area contributed by atoms with Crippen LogP contribution in [0.1, 0.15) is 11.1 Å². The second-order valence-electron chi connectivity index (χ2n) is 4.05. The molecule has 20 heavy (non-hydrogen) atoms. The number of benzene rings is 2. The predicted octanol–water partition coefficient (Wildman–Crippen LogP) is 2.64. The van der Waals surface area contributed by atoms with Crippen molar-refractivity contribution in [1.29, 1.82) is 0 Å². The molecule has 0 amide bonds. The average Bonchev–Trinajstić information content (AvgIpc) is 2.48. The van der Waals surface area contributed by atoms with Crippen LogP contribution in [0.25, 0.3) is 0 Å². The summed E-state index contributed by atoms with van der Waals surface area (Å²) in [6, 6.07) is 10.1. The van der Waals surface area contributed by atoms with Crippen LogP contribution in [0, 0.1) is 11.6 Å². The standard InChI is InChI=1S/C14H12F2N2O2/c15-12-6-5-11(7-13(12)16)20-8-9-1-3-10(4-2-9)14(17)18-19/h1-7,19H,8H2,(H2,17,18). The number of halogens is 2. The molecule has 0 aliphatic rings. The number of hydrogen-bond donors (Lipinski definition) is 2. The zero-order valence-corrected chi connectivity index (χ0v) is 10.4. The van der Waals surface area contributed by atoms with Gasteiger partial charge in [0.1, 0.15) is 12.4 Å². The molecule has 0 unspecified atom stereocenters. The highest BCUT2D eigenvalue weighted by molar-refractivity contribution is 5.96. The van der Waals surface area contributed by atoms with Gasteiger partial charge >= 0.3 is 0 Å². The molecule has 2 rings (SSSR count). The fourth-order valence-corrected chi connectivity index (χ4v) is 1.56. The molecule has 0 aliphatic heterocycles. The highest BCUT2D eigenvalue weighted by Gasteiger charge is 2.04. The zero-order chi connectivity index (χ0) is 14.5. The first kappa shape index (κ1) is 13.8. The molecule has 0 aliphatic carbocycles. The van der Waals surface area contributed by atoms with Crippen molar-refractivity contribution < 1.29 is 18.7 Å². The quantitative estimate of drug-likeness (QED) is 0.391. The van der Waals surface area contributed by atoms with Crippen LogP contribution >= 0.6 is 0 Å². The van der Waals surface area contributed by atoms with Gasteiger partial charge in [0.05, 0.1) is 0 Å². The molecule has 104 valence electrons. The maximum absolute atomic E-state index is 13.0. The first-order chi connectivity index (χ1) is 9.60. The van der Waals surface area contributed by atoms with Crippen LogP contribution in [-0.2, 0) is 6.61 Å². The van der Waals surface area contributed by atoms with Gasteiger partial charge in [-0.3, -0.25) is 0 Å². The number of amidine groups is 1. The Labute approximate surface area is 114 Å². The molecule has 2 aromatic rings. The molecule has 0 saturated carbocycles. The molecule has 0 saturated heterocycles. The van der Waals surface area contributed by atoms with Gasteiger partial charge in [0, 0.05) is 11.6 Å². The van der Waals surface area contributed by atoms with E-state index < -0.39 is 11.6 Å². The normalized spacial score (nSPS) is 11.4. The third kappa shape index (κ3) is 3.23. The van der Waals surface area contributed by atoms with E-state index in [0.717, 1.165) is 17.7 Å². The molecule has 6 heteroatoms. The molecule has 0 fully saturated rings. The van der Waals surface area contributed by atoms with E-state index in [1.54, 1.807) is 24.3 Å². The molecular formula is C14H12F2N2O2. The summed E-state index contributed by atoms with van der Waals surface area (Å²) >= 11 is 0. The van der Waals surface area contributed by atoms with E-state index in [2.05, 4.69) is 5.16 Å². The van der Waals surface area contributed by atoms with E-state index in [1.807, 2.05) is 0 Å². The Bertz CT molecular complexity index is 628. The van der Waals surface area contributed by atoms with E-state index in [4.69, 9.17) is 15.7 Å². The molecule has 0 aromatic heterocycles. The largest absolute Gasteiger partial charge is 0.489 e. The number of hydrogen-bond acceptors (Lipinski definition) is 3. The monoisotopic (exact) mass is 278 g/mol. The van der Waals surface area contributed by atoms with Crippen LogP contribution in [-0.4, -0.2) is 11.0 Å². The van der Waals surface area contributed by atoms with Gasteiger partial charge in [0.15, 0.2) is 17.5 Å². The topological polar surface area (TPSA) is 67.8 Å². The fourth-order valence-electron chi connectivity index (χ4n) is 1.56. The van der Waals surface area contributed by atoms with Crippen LogP contribution in [0.5, 0.6) is 5.75 Å². The lowest BCUT2D eigenvalue weighted by atomic mass is 10.1. The second-order valence-corrected chi connectivity index (χ2v) is 4.05. The number of nitrogens with two attached hydrogens (primary N) is 1. The number of oxime groups is 1. The molecule has 0 radical (unpaired) electrons. The van der Waals surface area contributed by atoms with E-state index in [1.165, 1.54) is 6.07 Å². The molecule has 0 heterocycles. The molecule has 0 atom stereocenters. The van der Waals surface area contributed by atoms with Gasteiger partial charge in [-0.2, -0.15) is 0 Å². The summed E-state index contributed by atoms with van der Waals surface area (Å²) < 4.78 is 31.1. The summed E-state index contributed by atoms with van der Waals surface area (Å²) in [5.41, 5.74) is 6.81. The Morgan fingerprint density at radius 1 is 1.10 bits per heavy atom. The molecule has 4 nitrogen and oxygen atoms in total. The smallest absolute Gasteiger partial charge is 0.170 e. The summed E-state index contributed by atoms with van der Waals surface area (Å²) in [5, 5.41) is 11.4. The van der Waals surface area contributed by atoms with Crippen molar-refractivity contribution in [2.75, 3.05) is 0 Å². The van der Waals surface area contributed by atoms with E-state index in [9.17, 15) is 8.78 Å². The Morgan fingerprint density at radius 2 is 1.80 bits per heavy atom. The molecule has 0 spiro atoms. The van der Waals surface area contributed by atoms with Crippen molar-refractivity contribution in [3.63, 3.8) is 0 Å². The van der Waals surface area contributed by atoms with Gasteiger partial charge in [0.2, 0.25) is 0 Å². The van der Waals surface area contributed by atoms with Crippen LogP contribution in [0.4, 0.5) is 8.78 Å². The SMILES string of the molecule is N/C(=N\O)c1ccc(COc2ccc(F)c(F)c2)cc1.